The predicted molar refractivity (Wildman–Crippen MR) is 63.3 cm³/mol. The van der Waals surface area contributed by atoms with Crippen molar-refractivity contribution >= 4 is 20.3 Å². The van der Waals surface area contributed by atoms with E-state index < -0.39 is 0 Å². The second-order valence-electron chi connectivity index (χ2n) is 3.41. The van der Waals surface area contributed by atoms with Gasteiger partial charge in [-0.25, -0.2) is 0 Å². The van der Waals surface area contributed by atoms with Crippen LogP contribution in [-0.2, 0) is 12.8 Å². The number of halogens is 1. The van der Waals surface area contributed by atoms with Crippen molar-refractivity contribution in [3.8, 4) is 0 Å². The molecule has 2 aliphatic heterocycles. The topological polar surface area (TPSA) is 87.1 Å². The van der Waals surface area contributed by atoms with Gasteiger partial charge in [0.1, 0.15) is 0 Å². The first-order chi connectivity index (χ1) is 5.97. The van der Waals surface area contributed by atoms with E-state index in [2.05, 4.69) is 23.4 Å². The fraction of sp³-hybridized carbons (Fsp3) is 1.00. The Kier molecular flexibility index (Phi) is 13.2. The summed E-state index contributed by atoms with van der Waals surface area (Å²) in [7, 11) is 0. The molecule has 0 aliphatic carbocycles. The number of nitrogens with one attached hydrogen (secondary N) is 2. The van der Waals surface area contributed by atoms with E-state index in [1.165, 1.54) is 38.8 Å². The third kappa shape index (κ3) is 5.25. The summed E-state index contributed by atoms with van der Waals surface area (Å²) in [5, 5.41) is 7.12. The zero-order valence-corrected chi connectivity index (χ0v) is 11.2. The molecule has 2 atom stereocenters. The van der Waals surface area contributed by atoms with Gasteiger partial charge >= 0.3 is 33.1 Å². The average Bonchev–Trinajstić information content (AvgIpc) is 2.21. The van der Waals surface area contributed by atoms with E-state index in [9.17, 15) is 0 Å². The first-order valence-corrected chi connectivity index (χ1v) is 7.59. The summed E-state index contributed by atoms with van der Waals surface area (Å²) in [5.74, 6) is 0. The van der Waals surface area contributed by atoms with Crippen LogP contribution in [-0.4, -0.2) is 36.1 Å². The van der Waals surface area contributed by atoms with Gasteiger partial charge in [0.2, 0.25) is 0 Å². The minimum absolute atomic E-state index is 0. The fourth-order valence-electron chi connectivity index (χ4n) is 2.11. The van der Waals surface area contributed by atoms with Crippen LogP contribution in [0.15, 0.2) is 0 Å². The Balaban J connectivity index is 0. The molecule has 0 aromatic carbocycles. The van der Waals surface area contributed by atoms with Crippen molar-refractivity contribution in [2.24, 2.45) is 0 Å². The van der Waals surface area contributed by atoms with Crippen LogP contribution in [0.4, 0.5) is 0 Å². The number of piperidine rings is 2. The van der Waals surface area contributed by atoms with Crippen molar-refractivity contribution in [2.45, 2.75) is 37.8 Å². The normalized spacial score (nSPS) is 29.6. The summed E-state index contributed by atoms with van der Waals surface area (Å²) in [6.07, 6.45) is 5.48. The third-order valence-corrected chi connectivity index (χ3v) is 2.68. The fourth-order valence-corrected chi connectivity index (χ4v) is 2.11. The van der Waals surface area contributed by atoms with E-state index in [0.717, 1.165) is 12.1 Å². The molecule has 2 fully saturated rings. The first-order valence-electron chi connectivity index (χ1n) is 4.55. The van der Waals surface area contributed by atoms with E-state index in [-0.39, 0.29) is 11.0 Å². The molecule has 0 aromatic rings. The summed E-state index contributed by atoms with van der Waals surface area (Å²) in [6.45, 7) is 2.48. The zero-order chi connectivity index (χ0) is 8.81. The molecule has 0 aromatic heterocycles. The molecule has 0 radical (unpaired) electrons. The molecule has 2 aliphatic rings. The minimum atomic E-state index is 0. The Morgan fingerprint density at radius 2 is 1.21 bits per heavy atom. The van der Waals surface area contributed by atoms with Crippen molar-refractivity contribution in [1.29, 1.82) is 0 Å². The molecule has 14 heavy (non-hydrogen) atoms. The zero-order valence-electron chi connectivity index (χ0n) is 8.08. The monoisotopic (exact) mass is 366 g/mol. The Morgan fingerprint density at radius 3 is 1.57 bits per heavy atom. The molecule has 0 amide bonds. The van der Waals surface area contributed by atoms with Gasteiger partial charge in [0.05, 0.1) is 0 Å². The maximum absolute atomic E-state index is 4.16. The van der Waals surface area contributed by atoms with Gasteiger partial charge in [-0.15, -0.1) is 0 Å². The van der Waals surface area contributed by atoms with Crippen molar-refractivity contribution in [3.05, 3.63) is 0 Å². The van der Waals surface area contributed by atoms with Gasteiger partial charge in [-0.05, 0) is 38.8 Å². The third-order valence-electron chi connectivity index (χ3n) is 2.68. The van der Waals surface area contributed by atoms with Crippen LogP contribution in [0.1, 0.15) is 25.7 Å². The van der Waals surface area contributed by atoms with Crippen molar-refractivity contribution in [3.63, 3.8) is 0 Å². The van der Waals surface area contributed by atoms with Crippen LogP contribution in [0, 0.1) is 0 Å². The molecular formula is C8H20CuIN2O2. The number of fused-ring (bicyclic) bond motifs is 1. The molecular weight excluding hydrogens is 347 g/mol. The van der Waals surface area contributed by atoms with E-state index in [0.29, 0.717) is 0 Å². The van der Waals surface area contributed by atoms with Crippen molar-refractivity contribution in [1.82, 2.24) is 10.6 Å². The molecule has 92 valence electrons. The van der Waals surface area contributed by atoms with E-state index in [1.54, 1.807) is 20.3 Å². The standard InChI is InChI=1S/C8H16N2.Cu.HI.2H2O/c1-3-7-8(9-5-1)4-2-6-10-7;;;;/h7-10H,1-6H2;;1H;2*1H2/q;+1;;;/p-1/t7-,8-;;;;/m0..../s1. The van der Waals surface area contributed by atoms with Crippen molar-refractivity contribution < 1.29 is 23.7 Å². The van der Waals surface area contributed by atoms with Crippen LogP contribution in [0.2, 0.25) is 0 Å². The first kappa shape index (κ1) is 17.5. The number of hydrogen-bond donors (Lipinski definition) is 2. The molecule has 4 nitrogen and oxygen atoms in total. The van der Waals surface area contributed by atoms with Gasteiger partial charge in [0.25, 0.3) is 0 Å². The van der Waals surface area contributed by atoms with E-state index in [1.807, 2.05) is 0 Å². The average molecular weight is 367 g/mol. The summed E-state index contributed by atoms with van der Waals surface area (Å²) in [5.41, 5.74) is 0. The SMILES string of the molecule is C1CN[C@H]2CCCN[C@H]2C1.O.O.[Cu][I]. The maximum atomic E-state index is 4.16. The molecule has 2 rings (SSSR count). The predicted octanol–water partition coefficient (Wildman–Crippen LogP) is -0.276. The summed E-state index contributed by atoms with van der Waals surface area (Å²) in [4.78, 5) is 0. The van der Waals surface area contributed by atoms with Crippen molar-refractivity contribution in [2.75, 3.05) is 13.1 Å². The van der Waals surface area contributed by atoms with Crippen LogP contribution >= 0.6 is 20.3 Å². The van der Waals surface area contributed by atoms with Crippen LogP contribution in [0.5, 0.6) is 0 Å². The van der Waals surface area contributed by atoms with Gasteiger partial charge in [0.15, 0.2) is 0 Å². The molecule has 0 saturated carbocycles. The molecule has 6 heteroatoms. The Morgan fingerprint density at radius 1 is 0.857 bits per heavy atom. The van der Waals surface area contributed by atoms with E-state index in [4.69, 9.17) is 0 Å². The molecule has 0 bridgehead atoms. The van der Waals surface area contributed by atoms with E-state index >= 15 is 0 Å². The molecule has 0 spiro atoms. The molecule has 0 unspecified atom stereocenters. The Bertz CT molecular complexity index is 106. The van der Waals surface area contributed by atoms with Crippen LogP contribution in [0.3, 0.4) is 0 Å². The van der Waals surface area contributed by atoms with Gasteiger partial charge in [-0.2, -0.15) is 0 Å². The van der Waals surface area contributed by atoms with Crippen LogP contribution in [0.25, 0.3) is 0 Å². The number of hydrogen-bond acceptors (Lipinski definition) is 2. The molecule has 6 N–H and O–H groups in total. The number of rotatable bonds is 0. The Hall–Kier alpha value is 1.09. The molecule has 2 saturated heterocycles. The van der Waals surface area contributed by atoms with Gasteiger partial charge < -0.3 is 21.6 Å². The second-order valence-corrected chi connectivity index (χ2v) is 3.41. The molecule has 2 heterocycles. The quantitative estimate of drug-likeness (QED) is 0.456. The Labute approximate surface area is 105 Å². The van der Waals surface area contributed by atoms with Gasteiger partial charge in [-0.3, -0.25) is 0 Å². The van der Waals surface area contributed by atoms with Gasteiger partial charge in [0, 0.05) is 12.1 Å². The second kappa shape index (κ2) is 10.6. The summed E-state index contributed by atoms with van der Waals surface area (Å²) >= 11 is 5.87. The van der Waals surface area contributed by atoms with Crippen LogP contribution < -0.4 is 10.6 Å². The van der Waals surface area contributed by atoms with Gasteiger partial charge in [-0.1, -0.05) is 0 Å². The summed E-state index contributed by atoms with van der Waals surface area (Å²) < 4.78 is 0. The summed E-state index contributed by atoms with van der Waals surface area (Å²) in [6, 6.07) is 1.59.